The van der Waals surface area contributed by atoms with Crippen LogP contribution in [0.15, 0.2) is 42.5 Å². The second-order valence-electron chi connectivity index (χ2n) is 6.75. The van der Waals surface area contributed by atoms with Gasteiger partial charge in [-0.15, -0.1) is 11.3 Å². The van der Waals surface area contributed by atoms with Crippen molar-refractivity contribution in [2.24, 2.45) is 0 Å². The molecule has 8 heteroatoms. The number of aromatic nitrogens is 1. The lowest BCUT2D eigenvalue weighted by Crippen LogP contribution is -2.35. The van der Waals surface area contributed by atoms with Gasteiger partial charge >= 0.3 is 0 Å². The van der Waals surface area contributed by atoms with Crippen LogP contribution in [0, 0.1) is 0 Å². The van der Waals surface area contributed by atoms with Crippen molar-refractivity contribution in [3.8, 4) is 22.8 Å². The number of ether oxygens (including phenoxy) is 2. The normalized spacial score (nSPS) is 12.9. The molecule has 2 aromatic carbocycles. The van der Waals surface area contributed by atoms with Crippen LogP contribution in [0.4, 0.5) is 10.8 Å². The van der Waals surface area contributed by atoms with Crippen molar-refractivity contribution in [1.82, 2.24) is 4.98 Å². The maximum absolute atomic E-state index is 12.6. The number of methoxy groups -OCH3 is 1. The standard InChI is InChI=1S/C22H21N3O4S/c1-4-18-20(13-8-9-17-16(11-13)25(2)19(26)12-29-17)23-22(30-18)24-21(27)14-6-5-7-15(10-14)28-3/h5-11H,4,12H2,1-3H3,(H,23,24,27). The van der Waals surface area contributed by atoms with E-state index in [9.17, 15) is 9.59 Å². The van der Waals surface area contributed by atoms with Crippen LogP contribution in [-0.2, 0) is 11.2 Å². The maximum atomic E-state index is 12.6. The van der Waals surface area contributed by atoms with Crippen LogP contribution in [0.3, 0.4) is 0 Å². The summed E-state index contributed by atoms with van der Waals surface area (Å²) in [6, 6.07) is 12.6. The molecule has 1 N–H and O–H groups in total. The average molecular weight is 423 g/mol. The number of benzene rings is 2. The SMILES string of the molecule is CCc1sc(NC(=O)c2cccc(OC)c2)nc1-c1ccc2c(c1)N(C)C(=O)CO2. The van der Waals surface area contributed by atoms with Crippen molar-refractivity contribution in [1.29, 1.82) is 0 Å². The van der Waals surface area contributed by atoms with Gasteiger partial charge in [0.1, 0.15) is 11.5 Å². The topological polar surface area (TPSA) is 80.8 Å². The van der Waals surface area contributed by atoms with Crippen LogP contribution in [0.25, 0.3) is 11.3 Å². The van der Waals surface area contributed by atoms with Crippen LogP contribution in [0.2, 0.25) is 0 Å². The number of fused-ring (bicyclic) bond motifs is 1. The van der Waals surface area contributed by atoms with Gasteiger partial charge in [0.25, 0.3) is 11.8 Å². The molecule has 2 amide bonds. The molecular weight excluding hydrogens is 402 g/mol. The molecule has 1 aliphatic heterocycles. The van der Waals surface area contributed by atoms with E-state index in [4.69, 9.17) is 9.47 Å². The first-order chi connectivity index (χ1) is 14.5. The molecule has 0 bridgehead atoms. The fourth-order valence-electron chi connectivity index (χ4n) is 3.22. The number of rotatable bonds is 5. The third-order valence-corrected chi connectivity index (χ3v) is 6.00. The van der Waals surface area contributed by atoms with Crippen molar-refractivity contribution < 1.29 is 19.1 Å². The number of amides is 2. The molecule has 1 aromatic heterocycles. The predicted molar refractivity (Wildman–Crippen MR) is 117 cm³/mol. The van der Waals surface area contributed by atoms with E-state index in [-0.39, 0.29) is 18.4 Å². The third-order valence-electron chi connectivity index (χ3n) is 4.89. The molecule has 0 spiro atoms. The summed E-state index contributed by atoms with van der Waals surface area (Å²) in [6.07, 6.45) is 0.768. The lowest BCUT2D eigenvalue weighted by atomic mass is 10.1. The minimum absolute atomic E-state index is 0.0419. The van der Waals surface area contributed by atoms with E-state index in [1.807, 2.05) is 25.1 Å². The highest BCUT2D eigenvalue weighted by Crippen LogP contribution is 2.38. The maximum Gasteiger partial charge on any atom is 0.264 e. The first-order valence-electron chi connectivity index (χ1n) is 9.49. The zero-order chi connectivity index (χ0) is 21.3. The van der Waals surface area contributed by atoms with Gasteiger partial charge in [-0.3, -0.25) is 14.9 Å². The molecule has 0 unspecified atom stereocenters. The minimum atomic E-state index is -0.249. The first-order valence-corrected chi connectivity index (χ1v) is 10.3. The Morgan fingerprint density at radius 2 is 2.13 bits per heavy atom. The molecule has 0 atom stereocenters. The smallest absolute Gasteiger partial charge is 0.264 e. The van der Waals surface area contributed by atoms with E-state index >= 15 is 0 Å². The van der Waals surface area contributed by atoms with E-state index < -0.39 is 0 Å². The number of nitrogens with zero attached hydrogens (tertiary/aromatic N) is 2. The van der Waals surface area contributed by atoms with Crippen LogP contribution < -0.4 is 19.7 Å². The molecule has 154 valence electrons. The van der Waals surface area contributed by atoms with E-state index in [0.29, 0.717) is 27.9 Å². The lowest BCUT2D eigenvalue weighted by Gasteiger charge is -2.26. The van der Waals surface area contributed by atoms with Crippen molar-refractivity contribution in [2.45, 2.75) is 13.3 Å². The van der Waals surface area contributed by atoms with Crippen LogP contribution >= 0.6 is 11.3 Å². The zero-order valence-corrected chi connectivity index (χ0v) is 17.7. The van der Waals surface area contributed by atoms with E-state index in [1.165, 1.54) is 11.3 Å². The quantitative estimate of drug-likeness (QED) is 0.671. The summed E-state index contributed by atoms with van der Waals surface area (Å²) in [5.41, 5.74) is 2.86. The monoisotopic (exact) mass is 423 g/mol. The van der Waals surface area contributed by atoms with Crippen LogP contribution in [0.5, 0.6) is 11.5 Å². The minimum Gasteiger partial charge on any atom is -0.497 e. The highest BCUT2D eigenvalue weighted by atomic mass is 32.1. The largest absolute Gasteiger partial charge is 0.497 e. The Morgan fingerprint density at radius 3 is 2.90 bits per heavy atom. The Morgan fingerprint density at radius 1 is 1.30 bits per heavy atom. The Bertz CT molecular complexity index is 1130. The molecule has 2 heterocycles. The van der Waals surface area contributed by atoms with Gasteiger partial charge in [0, 0.05) is 23.1 Å². The third kappa shape index (κ3) is 3.73. The van der Waals surface area contributed by atoms with Gasteiger partial charge in [-0.05, 0) is 42.8 Å². The number of hydrogen-bond acceptors (Lipinski definition) is 6. The van der Waals surface area contributed by atoms with Crippen LogP contribution in [0.1, 0.15) is 22.2 Å². The number of likely N-dealkylation sites (N-methyl/N-ethyl adjacent to an activating group) is 1. The van der Waals surface area contributed by atoms with E-state index in [2.05, 4.69) is 10.3 Å². The number of aryl methyl sites for hydroxylation is 1. The molecule has 0 saturated carbocycles. The first kappa shape index (κ1) is 19.9. The van der Waals surface area contributed by atoms with Gasteiger partial charge < -0.3 is 14.4 Å². The Balaban J connectivity index is 1.63. The highest BCUT2D eigenvalue weighted by Gasteiger charge is 2.24. The van der Waals surface area contributed by atoms with Crippen molar-refractivity contribution in [3.63, 3.8) is 0 Å². The van der Waals surface area contributed by atoms with Crippen molar-refractivity contribution in [2.75, 3.05) is 31.0 Å². The number of carbonyl (C=O) groups excluding carboxylic acids is 2. The number of anilines is 2. The van der Waals surface area contributed by atoms with Gasteiger partial charge in [0.05, 0.1) is 18.5 Å². The fourth-order valence-corrected chi connectivity index (χ4v) is 4.14. The predicted octanol–water partition coefficient (Wildman–Crippen LogP) is 3.99. The summed E-state index contributed by atoms with van der Waals surface area (Å²) in [7, 11) is 3.29. The highest BCUT2D eigenvalue weighted by molar-refractivity contribution is 7.16. The molecule has 4 rings (SSSR count). The summed E-state index contributed by atoms with van der Waals surface area (Å²) in [5, 5.41) is 3.40. The molecule has 0 radical (unpaired) electrons. The fraction of sp³-hybridized carbons (Fsp3) is 0.227. The van der Waals surface area contributed by atoms with Gasteiger partial charge in [-0.1, -0.05) is 13.0 Å². The average Bonchev–Trinajstić information content (AvgIpc) is 3.19. The molecule has 30 heavy (non-hydrogen) atoms. The zero-order valence-electron chi connectivity index (χ0n) is 16.9. The number of hydrogen-bond donors (Lipinski definition) is 1. The molecule has 0 aliphatic carbocycles. The molecule has 1 aliphatic rings. The second-order valence-corrected chi connectivity index (χ2v) is 7.84. The summed E-state index contributed by atoms with van der Waals surface area (Å²) < 4.78 is 10.7. The summed E-state index contributed by atoms with van der Waals surface area (Å²) in [5.74, 6) is 0.938. The molecular formula is C22H21N3O4S. The Kier molecular flexibility index (Phi) is 5.41. The lowest BCUT2D eigenvalue weighted by molar-refractivity contribution is -0.120. The van der Waals surface area contributed by atoms with Gasteiger partial charge in [0.2, 0.25) is 0 Å². The van der Waals surface area contributed by atoms with Crippen LogP contribution in [-0.4, -0.2) is 37.6 Å². The summed E-state index contributed by atoms with van der Waals surface area (Å²) in [6.45, 7) is 2.09. The number of carbonyl (C=O) groups is 2. The van der Waals surface area contributed by atoms with Gasteiger partial charge in [-0.25, -0.2) is 4.98 Å². The summed E-state index contributed by atoms with van der Waals surface area (Å²) >= 11 is 1.44. The Labute approximate surface area is 178 Å². The van der Waals surface area contributed by atoms with Gasteiger partial charge in [0.15, 0.2) is 11.7 Å². The molecule has 3 aromatic rings. The van der Waals surface area contributed by atoms with Crippen molar-refractivity contribution in [3.05, 3.63) is 52.9 Å². The molecule has 7 nitrogen and oxygen atoms in total. The van der Waals surface area contributed by atoms with E-state index in [0.717, 1.165) is 22.6 Å². The van der Waals surface area contributed by atoms with Gasteiger partial charge in [-0.2, -0.15) is 0 Å². The van der Waals surface area contributed by atoms with Crippen molar-refractivity contribution >= 4 is 34.0 Å². The van der Waals surface area contributed by atoms with E-state index in [1.54, 1.807) is 43.3 Å². The second kappa shape index (κ2) is 8.16. The molecule has 0 saturated heterocycles. The number of thiazole rings is 1. The summed E-state index contributed by atoms with van der Waals surface area (Å²) in [4.78, 5) is 31.9. The molecule has 0 fully saturated rings. The Hall–Kier alpha value is -3.39. The number of nitrogens with one attached hydrogen (secondary N) is 1.